The van der Waals surface area contributed by atoms with Crippen LogP contribution in [-0.2, 0) is 20.9 Å². The fourth-order valence-corrected chi connectivity index (χ4v) is 1.99. The van der Waals surface area contributed by atoms with E-state index in [2.05, 4.69) is 12.2 Å². The molecule has 3 nitrogen and oxygen atoms in total. The second kappa shape index (κ2) is 7.74. The van der Waals surface area contributed by atoms with E-state index < -0.39 is 0 Å². The molecule has 0 N–H and O–H groups in total. The molecule has 0 unspecified atom stereocenters. The second-order valence-corrected chi connectivity index (χ2v) is 4.76. The van der Waals surface area contributed by atoms with Crippen molar-refractivity contribution in [3.05, 3.63) is 48.0 Å². The lowest BCUT2D eigenvalue weighted by atomic mass is 10.1. The summed E-state index contributed by atoms with van der Waals surface area (Å²) in [6.45, 7) is 1.60. The van der Waals surface area contributed by atoms with Crippen LogP contribution in [0.2, 0.25) is 0 Å². The van der Waals surface area contributed by atoms with Crippen LogP contribution in [0.1, 0.15) is 24.8 Å². The van der Waals surface area contributed by atoms with Crippen LogP contribution in [0.3, 0.4) is 0 Å². The summed E-state index contributed by atoms with van der Waals surface area (Å²) < 4.78 is 10.9. The molecule has 0 bridgehead atoms. The molecule has 2 rings (SSSR count). The van der Waals surface area contributed by atoms with Gasteiger partial charge in [0.15, 0.2) is 0 Å². The first-order valence-corrected chi connectivity index (χ1v) is 6.78. The standard InChI is InChI=1S/C16H20O3/c17-16-10-6-2-5-9-15(13-19-16)12-18-11-14-7-3-1-4-8-14/h1,3-5,7-9,15H,2,6,10-13H2/b9-5-/t15-/m1/s1. The summed E-state index contributed by atoms with van der Waals surface area (Å²) in [6.07, 6.45) is 6.54. The first-order valence-electron chi connectivity index (χ1n) is 6.78. The van der Waals surface area contributed by atoms with Gasteiger partial charge in [0, 0.05) is 12.3 Å². The molecule has 0 spiro atoms. The van der Waals surface area contributed by atoms with Crippen molar-refractivity contribution in [2.24, 2.45) is 5.92 Å². The molecule has 0 amide bonds. The highest BCUT2D eigenvalue weighted by molar-refractivity contribution is 5.69. The monoisotopic (exact) mass is 260 g/mol. The molecule has 3 heteroatoms. The predicted molar refractivity (Wildman–Crippen MR) is 73.5 cm³/mol. The van der Waals surface area contributed by atoms with Crippen LogP contribution < -0.4 is 0 Å². The molecule has 1 aromatic carbocycles. The molecule has 102 valence electrons. The summed E-state index contributed by atoms with van der Waals surface area (Å²) in [7, 11) is 0. The summed E-state index contributed by atoms with van der Waals surface area (Å²) in [5.41, 5.74) is 1.16. The van der Waals surface area contributed by atoms with Crippen LogP contribution in [0.15, 0.2) is 42.5 Å². The molecule has 0 radical (unpaired) electrons. The topological polar surface area (TPSA) is 35.5 Å². The zero-order valence-electron chi connectivity index (χ0n) is 11.1. The van der Waals surface area contributed by atoms with Gasteiger partial charge in [-0.05, 0) is 18.4 Å². The third-order valence-electron chi connectivity index (χ3n) is 3.06. The Bertz CT molecular complexity index is 411. The largest absolute Gasteiger partial charge is 0.465 e. The van der Waals surface area contributed by atoms with Crippen molar-refractivity contribution < 1.29 is 14.3 Å². The zero-order valence-corrected chi connectivity index (χ0v) is 11.1. The lowest BCUT2D eigenvalue weighted by Gasteiger charge is -2.13. The van der Waals surface area contributed by atoms with Gasteiger partial charge >= 0.3 is 5.97 Å². The molecule has 0 aromatic heterocycles. The number of esters is 1. The molecule has 1 aromatic rings. The fraction of sp³-hybridized carbons (Fsp3) is 0.438. The van der Waals surface area contributed by atoms with Gasteiger partial charge < -0.3 is 9.47 Å². The van der Waals surface area contributed by atoms with E-state index in [0.29, 0.717) is 26.2 Å². The Kier molecular flexibility index (Phi) is 5.63. The van der Waals surface area contributed by atoms with E-state index in [9.17, 15) is 4.79 Å². The van der Waals surface area contributed by atoms with E-state index in [1.807, 2.05) is 30.3 Å². The van der Waals surface area contributed by atoms with Gasteiger partial charge in [-0.15, -0.1) is 0 Å². The lowest BCUT2D eigenvalue weighted by Crippen LogP contribution is -2.16. The van der Waals surface area contributed by atoms with Gasteiger partial charge in [0.25, 0.3) is 0 Å². The van der Waals surface area contributed by atoms with E-state index >= 15 is 0 Å². The minimum Gasteiger partial charge on any atom is -0.465 e. The molecule has 1 aliphatic heterocycles. The third kappa shape index (κ3) is 5.26. The summed E-state index contributed by atoms with van der Waals surface area (Å²) in [5.74, 6) is 0.0579. The molecule has 0 aliphatic carbocycles. The number of carbonyl (C=O) groups excluding carboxylic acids is 1. The van der Waals surface area contributed by atoms with Crippen molar-refractivity contribution in [2.75, 3.05) is 13.2 Å². The molecule has 1 heterocycles. The predicted octanol–water partition coefficient (Wildman–Crippen LogP) is 3.10. The quantitative estimate of drug-likeness (QED) is 0.616. The number of ether oxygens (including phenoxy) is 2. The third-order valence-corrected chi connectivity index (χ3v) is 3.06. The number of hydrogen-bond acceptors (Lipinski definition) is 3. The minimum atomic E-state index is -0.100. The maximum atomic E-state index is 11.3. The van der Waals surface area contributed by atoms with E-state index in [0.717, 1.165) is 18.4 Å². The number of cyclic esters (lactones) is 1. The van der Waals surface area contributed by atoms with Gasteiger partial charge in [-0.25, -0.2) is 0 Å². The highest BCUT2D eigenvalue weighted by Gasteiger charge is 2.11. The van der Waals surface area contributed by atoms with Crippen molar-refractivity contribution in [1.29, 1.82) is 0 Å². The summed E-state index contributed by atoms with van der Waals surface area (Å²) >= 11 is 0. The maximum Gasteiger partial charge on any atom is 0.305 e. The van der Waals surface area contributed by atoms with Crippen molar-refractivity contribution >= 4 is 5.97 Å². The van der Waals surface area contributed by atoms with E-state index in [-0.39, 0.29) is 11.9 Å². The van der Waals surface area contributed by atoms with Gasteiger partial charge in [0.2, 0.25) is 0 Å². The average molecular weight is 260 g/mol. The van der Waals surface area contributed by atoms with Crippen LogP contribution in [-0.4, -0.2) is 19.2 Å². The summed E-state index contributed by atoms with van der Waals surface area (Å²) in [6, 6.07) is 10.1. The number of benzene rings is 1. The highest BCUT2D eigenvalue weighted by Crippen LogP contribution is 2.10. The number of hydrogen-bond donors (Lipinski definition) is 0. The first kappa shape index (κ1) is 13.8. The molecule has 19 heavy (non-hydrogen) atoms. The zero-order chi connectivity index (χ0) is 13.3. The molecular weight excluding hydrogens is 240 g/mol. The Morgan fingerprint density at radius 3 is 2.95 bits per heavy atom. The van der Waals surface area contributed by atoms with Gasteiger partial charge in [0.05, 0.1) is 19.8 Å². The van der Waals surface area contributed by atoms with Crippen LogP contribution >= 0.6 is 0 Å². The number of rotatable bonds is 4. The summed E-state index contributed by atoms with van der Waals surface area (Å²) in [4.78, 5) is 11.3. The Balaban J connectivity index is 1.77. The van der Waals surface area contributed by atoms with Crippen LogP contribution in [0.4, 0.5) is 0 Å². The Hall–Kier alpha value is -1.61. The Morgan fingerprint density at radius 2 is 2.11 bits per heavy atom. The van der Waals surface area contributed by atoms with Crippen LogP contribution in [0.25, 0.3) is 0 Å². The van der Waals surface area contributed by atoms with E-state index in [4.69, 9.17) is 9.47 Å². The van der Waals surface area contributed by atoms with Gasteiger partial charge in [-0.2, -0.15) is 0 Å². The van der Waals surface area contributed by atoms with Crippen molar-refractivity contribution in [2.45, 2.75) is 25.9 Å². The minimum absolute atomic E-state index is 0.100. The van der Waals surface area contributed by atoms with Gasteiger partial charge in [-0.3, -0.25) is 4.79 Å². The second-order valence-electron chi connectivity index (χ2n) is 4.76. The molecule has 0 saturated carbocycles. The lowest BCUT2D eigenvalue weighted by molar-refractivity contribution is -0.145. The Labute approximate surface area is 114 Å². The summed E-state index contributed by atoms with van der Waals surface area (Å²) in [5, 5.41) is 0. The SMILES string of the molecule is O=C1CCC/C=C\[C@H](COCc2ccccc2)CO1. The van der Waals surface area contributed by atoms with Crippen molar-refractivity contribution in [3.63, 3.8) is 0 Å². The molecule has 0 saturated heterocycles. The van der Waals surface area contributed by atoms with Crippen LogP contribution in [0.5, 0.6) is 0 Å². The molecule has 1 atom stereocenters. The van der Waals surface area contributed by atoms with E-state index in [1.165, 1.54) is 0 Å². The molecule has 0 fully saturated rings. The average Bonchev–Trinajstić information content (AvgIpc) is 2.53. The molecular formula is C16H20O3. The maximum absolute atomic E-state index is 11.3. The fourth-order valence-electron chi connectivity index (χ4n) is 1.99. The van der Waals surface area contributed by atoms with Gasteiger partial charge in [0.1, 0.15) is 0 Å². The Morgan fingerprint density at radius 1 is 1.26 bits per heavy atom. The normalized spacial score (nSPS) is 21.9. The number of allylic oxidation sites excluding steroid dienone is 1. The van der Waals surface area contributed by atoms with E-state index in [1.54, 1.807) is 0 Å². The van der Waals surface area contributed by atoms with Crippen molar-refractivity contribution in [1.82, 2.24) is 0 Å². The van der Waals surface area contributed by atoms with Crippen molar-refractivity contribution in [3.8, 4) is 0 Å². The molecule has 1 aliphatic rings. The van der Waals surface area contributed by atoms with Crippen LogP contribution in [0, 0.1) is 5.92 Å². The smallest absolute Gasteiger partial charge is 0.305 e. The number of carbonyl (C=O) groups is 1. The first-order chi connectivity index (χ1) is 9.34. The highest BCUT2D eigenvalue weighted by atomic mass is 16.5. The van der Waals surface area contributed by atoms with Gasteiger partial charge in [-0.1, -0.05) is 42.5 Å².